The van der Waals surface area contributed by atoms with Crippen molar-refractivity contribution in [2.24, 2.45) is 0 Å². The molecule has 1 unspecified atom stereocenters. The van der Waals surface area contributed by atoms with E-state index in [1.807, 2.05) is 18.2 Å². The third-order valence-electron chi connectivity index (χ3n) is 3.30. The molecule has 2 rings (SSSR count). The van der Waals surface area contributed by atoms with Crippen LogP contribution >= 0.6 is 15.9 Å². The maximum absolute atomic E-state index is 13.3. The summed E-state index contributed by atoms with van der Waals surface area (Å²) in [6, 6.07) is 15.3. The molecule has 0 fully saturated rings. The van der Waals surface area contributed by atoms with Crippen LogP contribution in [0, 0.1) is 5.82 Å². The predicted molar refractivity (Wildman–Crippen MR) is 88.7 cm³/mol. The van der Waals surface area contributed by atoms with Crippen molar-refractivity contribution >= 4 is 15.9 Å². The third kappa shape index (κ3) is 4.92. The summed E-state index contributed by atoms with van der Waals surface area (Å²) in [7, 11) is 4.10. The molecule has 0 saturated heterocycles. The molecule has 0 aliphatic heterocycles. The van der Waals surface area contributed by atoms with Gasteiger partial charge >= 0.3 is 0 Å². The van der Waals surface area contributed by atoms with Gasteiger partial charge in [0.2, 0.25) is 0 Å². The van der Waals surface area contributed by atoms with E-state index in [2.05, 4.69) is 52.4 Å². The van der Waals surface area contributed by atoms with E-state index in [0.29, 0.717) is 6.54 Å². The molecule has 0 bridgehead atoms. The lowest BCUT2D eigenvalue weighted by Crippen LogP contribution is -2.31. The molecule has 0 heterocycles. The minimum Gasteiger partial charge on any atom is -0.308 e. The van der Waals surface area contributed by atoms with Gasteiger partial charge in [0.25, 0.3) is 0 Å². The molecule has 0 spiro atoms. The van der Waals surface area contributed by atoms with E-state index < -0.39 is 0 Å². The monoisotopic (exact) mass is 350 g/mol. The summed E-state index contributed by atoms with van der Waals surface area (Å²) in [5.41, 5.74) is 2.16. The SMILES string of the molecule is CN(C)CC(NCc1cc(F)ccc1Br)c1ccccc1. The van der Waals surface area contributed by atoms with Crippen molar-refractivity contribution in [1.82, 2.24) is 10.2 Å². The molecular weight excluding hydrogens is 331 g/mol. The molecule has 112 valence electrons. The molecule has 0 aromatic heterocycles. The van der Waals surface area contributed by atoms with Gasteiger partial charge in [0, 0.05) is 23.6 Å². The van der Waals surface area contributed by atoms with Gasteiger partial charge < -0.3 is 10.2 Å². The van der Waals surface area contributed by atoms with Crippen molar-refractivity contribution in [3.05, 3.63) is 69.9 Å². The van der Waals surface area contributed by atoms with Crippen molar-refractivity contribution in [3.8, 4) is 0 Å². The summed E-state index contributed by atoms with van der Waals surface area (Å²) in [4.78, 5) is 2.14. The van der Waals surface area contributed by atoms with E-state index in [9.17, 15) is 4.39 Å². The Morgan fingerprint density at radius 1 is 1.14 bits per heavy atom. The van der Waals surface area contributed by atoms with Gasteiger partial charge in [-0.1, -0.05) is 46.3 Å². The zero-order chi connectivity index (χ0) is 15.2. The molecule has 0 amide bonds. The summed E-state index contributed by atoms with van der Waals surface area (Å²) in [6.07, 6.45) is 0. The highest BCUT2D eigenvalue weighted by Crippen LogP contribution is 2.20. The topological polar surface area (TPSA) is 15.3 Å². The molecule has 0 radical (unpaired) electrons. The Kier molecular flexibility index (Phi) is 5.91. The fourth-order valence-corrected chi connectivity index (χ4v) is 2.64. The molecule has 1 N–H and O–H groups in total. The van der Waals surface area contributed by atoms with E-state index in [1.165, 1.54) is 11.6 Å². The van der Waals surface area contributed by atoms with Crippen LogP contribution in [0.25, 0.3) is 0 Å². The lowest BCUT2D eigenvalue weighted by atomic mass is 10.1. The zero-order valence-electron chi connectivity index (χ0n) is 12.3. The maximum atomic E-state index is 13.3. The van der Waals surface area contributed by atoms with Crippen LogP contribution in [0.2, 0.25) is 0 Å². The van der Waals surface area contributed by atoms with Gasteiger partial charge in [-0.25, -0.2) is 4.39 Å². The van der Waals surface area contributed by atoms with Crippen molar-refractivity contribution in [2.75, 3.05) is 20.6 Å². The molecule has 2 aromatic carbocycles. The standard InChI is InChI=1S/C17H20BrFN2/c1-21(2)12-17(13-6-4-3-5-7-13)20-11-14-10-15(19)8-9-16(14)18/h3-10,17,20H,11-12H2,1-2H3. The van der Waals surface area contributed by atoms with Gasteiger partial charge in [-0.15, -0.1) is 0 Å². The first-order chi connectivity index (χ1) is 10.1. The second kappa shape index (κ2) is 7.69. The minimum absolute atomic E-state index is 0.205. The summed E-state index contributed by atoms with van der Waals surface area (Å²) >= 11 is 3.47. The van der Waals surface area contributed by atoms with E-state index in [-0.39, 0.29) is 11.9 Å². The number of benzene rings is 2. The fourth-order valence-electron chi connectivity index (χ4n) is 2.25. The van der Waals surface area contributed by atoms with Gasteiger partial charge in [-0.05, 0) is 43.4 Å². The van der Waals surface area contributed by atoms with E-state index >= 15 is 0 Å². The van der Waals surface area contributed by atoms with Crippen LogP contribution in [0.15, 0.2) is 53.0 Å². The molecular formula is C17H20BrFN2. The highest BCUT2D eigenvalue weighted by Gasteiger charge is 2.12. The van der Waals surface area contributed by atoms with Crippen molar-refractivity contribution in [2.45, 2.75) is 12.6 Å². The average molecular weight is 351 g/mol. The Hall–Kier alpha value is -1.23. The number of nitrogens with one attached hydrogen (secondary N) is 1. The number of rotatable bonds is 6. The largest absolute Gasteiger partial charge is 0.308 e. The Morgan fingerprint density at radius 2 is 1.86 bits per heavy atom. The number of hydrogen-bond acceptors (Lipinski definition) is 2. The van der Waals surface area contributed by atoms with Crippen LogP contribution in [-0.4, -0.2) is 25.5 Å². The van der Waals surface area contributed by atoms with Gasteiger partial charge in [0.1, 0.15) is 5.82 Å². The summed E-state index contributed by atoms with van der Waals surface area (Å²) in [5.74, 6) is -0.209. The second-order valence-electron chi connectivity index (χ2n) is 5.34. The minimum atomic E-state index is -0.209. The molecule has 1 atom stereocenters. The van der Waals surface area contributed by atoms with Gasteiger partial charge in [-0.3, -0.25) is 0 Å². The first-order valence-electron chi connectivity index (χ1n) is 6.93. The number of halogens is 2. The first-order valence-corrected chi connectivity index (χ1v) is 7.72. The zero-order valence-corrected chi connectivity index (χ0v) is 13.9. The number of hydrogen-bond donors (Lipinski definition) is 1. The van der Waals surface area contributed by atoms with E-state index in [0.717, 1.165) is 16.6 Å². The molecule has 0 saturated carbocycles. The van der Waals surface area contributed by atoms with Crippen LogP contribution < -0.4 is 5.32 Å². The van der Waals surface area contributed by atoms with Crippen molar-refractivity contribution in [3.63, 3.8) is 0 Å². The Balaban J connectivity index is 2.10. The van der Waals surface area contributed by atoms with Crippen LogP contribution in [0.1, 0.15) is 17.2 Å². The molecule has 2 nitrogen and oxygen atoms in total. The second-order valence-corrected chi connectivity index (χ2v) is 6.20. The maximum Gasteiger partial charge on any atom is 0.123 e. The molecule has 0 aliphatic rings. The lowest BCUT2D eigenvalue weighted by Gasteiger charge is -2.23. The molecule has 4 heteroatoms. The van der Waals surface area contributed by atoms with Crippen molar-refractivity contribution < 1.29 is 4.39 Å². The Morgan fingerprint density at radius 3 is 2.52 bits per heavy atom. The van der Waals surface area contributed by atoms with Gasteiger partial charge in [-0.2, -0.15) is 0 Å². The molecule has 21 heavy (non-hydrogen) atoms. The number of likely N-dealkylation sites (N-methyl/N-ethyl adjacent to an activating group) is 1. The van der Waals surface area contributed by atoms with E-state index in [4.69, 9.17) is 0 Å². The normalized spacial score (nSPS) is 12.6. The van der Waals surface area contributed by atoms with Crippen molar-refractivity contribution in [1.29, 1.82) is 0 Å². The summed E-state index contributed by atoms with van der Waals surface area (Å²) < 4.78 is 14.3. The van der Waals surface area contributed by atoms with Gasteiger partial charge in [0.05, 0.1) is 0 Å². The predicted octanol–water partition coefficient (Wildman–Crippen LogP) is 3.98. The molecule has 0 aliphatic carbocycles. The first kappa shape index (κ1) is 16.1. The van der Waals surface area contributed by atoms with Crippen LogP contribution in [0.4, 0.5) is 4.39 Å². The molecule has 2 aromatic rings. The Labute approximate surface area is 134 Å². The number of nitrogens with zero attached hydrogens (tertiary/aromatic N) is 1. The smallest absolute Gasteiger partial charge is 0.123 e. The van der Waals surface area contributed by atoms with Crippen LogP contribution in [-0.2, 0) is 6.54 Å². The van der Waals surface area contributed by atoms with Crippen LogP contribution in [0.3, 0.4) is 0 Å². The summed E-state index contributed by atoms with van der Waals surface area (Å²) in [5, 5.41) is 3.51. The lowest BCUT2D eigenvalue weighted by molar-refractivity contribution is 0.340. The fraction of sp³-hybridized carbons (Fsp3) is 0.294. The highest BCUT2D eigenvalue weighted by molar-refractivity contribution is 9.10. The quantitative estimate of drug-likeness (QED) is 0.847. The summed E-state index contributed by atoms with van der Waals surface area (Å²) in [6.45, 7) is 1.50. The van der Waals surface area contributed by atoms with E-state index in [1.54, 1.807) is 12.1 Å². The Bertz CT molecular complexity index is 572. The average Bonchev–Trinajstić information content (AvgIpc) is 2.47. The van der Waals surface area contributed by atoms with Crippen LogP contribution in [0.5, 0.6) is 0 Å². The van der Waals surface area contributed by atoms with Gasteiger partial charge in [0.15, 0.2) is 0 Å². The highest BCUT2D eigenvalue weighted by atomic mass is 79.9. The third-order valence-corrected chi connectivity index (χ3v) is 4.07.